The van der Waals surface area contributed by atoms with Gasteiger partial charge in [0.2, 0.25) is 5.95 Å². The zero-order valence-electron chi connectivity index (χ0n) is 10.6. The predicted molar refractivity (Wildman–Crippen MR) is 68.3 cm³/mol. The minimum Gasteiger partial charge on any atom is -0.378 e. The van der Waals surface area contributed by atoms with Crippen LogP contribution in [0, 0.1) is 6.92 Å². The van der Waals surface area contributed by atoms with Gasteiger partial charge in [-0.1, -0.05) is 0 Å². The van der Waals surface area contributed by atoms with Gasteiger partial charge in [0.05, 0.1) is 24.7 Å². The number of ether oxygens (including phenoxy) is 1. The third kappa shape index (κ3) is 3.64. The van der Waals surface area contributed by atoms with Crippen LogP contribution in [0.2, 0.25) is 0 Å². The van der Waals surface area contributed by atoms with Gasteiger partial charge in [-0.3, -0.25) is 0 Å². The van der Waals surface area contributed by atoms with Gasteiger partial charge in [-0.25, -0.2) is 18.4 Å². The lowest BCUT2D eigenvalue weighted by Gasteiger charge is -2.27. The van der Waals surface area contributed by atoms with Crippen molar-refractivity contribution in [2.24, 2.45) is 0 Å². The summed E-state index contributed by atoms with van der Waals surface area (Å²) in [5.41, 5.74) is 1.33. The molecule has 1 aromatic rings. The first-order valence-corrected chi connectivity index (χ1v) is 7.85. The summed E-state index contributed by atoms with van der Waals surface area (Å²) < 4.78 is 27.9. The van der Waals surface area contributed by atoms with Crippen molar-refractivity contribution >= 4 is 15.8 Å². The van der Waals surface area contributed by atoms with Crippen LogP contribution in [0.1, 0.15) is 11.4 Å². The second-order valence-corrected chi connectivity index (χ2v) is 6.61. The van der Waals surface area contributed by atoms with E-state index in [1.807, 2.05) is 11.8 Å². The molecule has 7 heteroatoms. The summed E-state index contributed by atoms with van der Waals surface area (Å²) in [5.74, 6) is 0.546. The summed E-state index contributed by atoms with van der Waals surface area (Å²) >= 11 is 0. The van der Waals surface area contributed by atoms with E-state index in [9.17, 15) is 8.42 Å². The SMILES string of the molecule is Cc1cc(CS(C)(=O)=O)nc(N2CCOCC2)n1. The summed E-state index contributed by atoms with van der Waals surface area (Å²) in [6, 6.07) is 1.71. The fourth-order valence-electron chi connectivity index (χ4n) is 1.86. The maximum Gasteiger partial charge on any atom is 0.225 e. The molecule has 0 aromatic carbocycles. The van der Waals surface area contributed by atoms with Gasteiger partial charge >= 0.3 is 0 Å². The molecule has 1 aromatic heterocycles. The van der Waals surface area contributed by atoms with Crippen molar-refractivity contribution in [1.82, 2.24) is 9.97 Å². The van der Waals surface area contributed by atoms with Gasteiger partial charge in [-0.2, -0.15) is 0 Å². The molecular weight excluding hydrogens is 254 g/mol. The molecule has 1 saturated heterocycles. The van der Waals surface area contributed by atoms with Crippen molar-refractivity contribution in [3.8, 4) is 0 Å². The van der Waals surface area contributed by atoms with Crippen molar-refractivity contribution in [3.63, 3.8) is 0 Å². The molecule has 0 atom stereocenters. The van der Waals surface area contributed by atoms with Crippen LogP contribution in [0.3, 0.4) is 0 Å². The van der Waals surface area contributed by atoms with Crippen LogP contribution in [0.5, 0.6) is 0 Å². The van der Waals surface area contributed by atoms with Crippen molar-refractivity contribution in [2.75, 3.05) is 37.5 Å². The van der Waals surface area contributed by atoms with E-state index in [2.05, 4.69) is 9.97 Å². The van der Waals surface area contributed by atoms with Crippen LogP contribution in [0.15, 0.2) is 6.07 Å². The standard InChI is InChI=1S/C11H17N3O3S/c1-9-7-10(8-18(2,15)16)13-11(12-9)14-3-5-17-6-4-14/h7H,3-6,8H2,1-2H3. The lowest BCUT2D eigenvalue weighted by atomic mass is 10.3. The Morgan fingerprint density at radius 3 is 2.61 bits per heavy atom. The van der Waals surface area contributed by atoms with Crippen LogP contribution in [-0.2, 0) is 20.3 Å². The largest absolute Gasteiger partial charge is 0.378 e. The molecule has 1 fully saturated rings. The van der Waals surface area contributed by atoms with E-state index < -0.39 is 9.84 Å². The number of morpholine rings is 1. The molecule has 2 rings (SSSR count). The van der Waals surface area contributed by atoms with E-state index in [-0.39, 0.29) is 5.75 Å². The number of aromatic nitrogens is 2. The van der Waals surface area contributed by atoms with Gasteiger partial charge in [0.25, 0.3) is 0 Å². The first-order chi connectivity index (χ1) is 8.44. The van der Waals surface area contributed by atoms with Gasteiger partial charge in [-0.05, 0) is 13.0 Å². The molecule has 0 unspecified atom stereocenters. The number of aryl methyl sites for hydroxylation is 1. The fraction of sp³-hybridized carbons (Fsp3) is 0.636. The molecule has 1 aliphatic rings. The minimum absolute atomic E-state index is 0.0479. The molecule has 0 amide bonds. The van der Waals surface area contributed by atoms with Gasteiger partial charge in [-0.15, -0.1) is 0 Å². The van der Waals surface area contributed by atoms with Crippen LogP contribution in [0.4, 0.5) is 5.95 Å². The number of anilines is 1. The van der Waals surface area contributed by atoms with Crippen LogP contribution in [0.25, 0.3) is 0 Å². The highest BCUT2D eigenvalue weighted by Gasteiger charge is 2.16. The first kappa shape index (κ1) is 13.2. The van der Waals surface area contributed by atoms with Gasteiger partial charge in [0.1, 0.15) is 0 Å². The average molecular weight is 271 g/mol. The highest BCUT2D eigenvalue weighted by molar-refractivity contribution is 7.89. The summed E-state index contributed by atoms with van der Waals surface area (Å²) in [7, 11) is -3.07. The molecule has 18 heavy (non-hydrogen) atoms. The van der Waals surface area contributed by atoms with Crippen LogP contribution in [-0.4, -0.2) is 50.9 Å². The predicted octanol–water partition coefficient (Wildman–Crippen LogP) is 0.166. The van der Waals surface area contributed by atoms with Crippen LogP contribution < -0.4 is 4.90 Å². The number of rotatable bonds is 3. The highest BCUT2D eigenvalue weighted by atomic mass is 32.2. The monoisotopic (exact) mass is 271 g/mol. The average Bonchev–Trinajstić information content (AvgIpc) is 2.27. The quantitative estimate of drug-likeness (QED) is 0.780. The van der Waals surface area contributed by atoms with E-state index >= 15 is 0 Å². The summed E-state index contributed by atoms with van der Waals surface area (Å²) in [5, 5.41) is 0. The van der Waals surface area contributed by atoms with E-state index in [4.69, 9.17) is 4.74 Å². The Morgan fingerprint density at radius 2 is 2.00 bits per heavy atom. The Morgan fingerprint density at radius 1 is 1.33 bits per heavy atom. The Labute approximate surface area is 107 Å². The van der Waals surface area contributed by atoms with E-state index in [1.165, 1.54) is 6.26 Å². The third-order valence-corrected chi connectivity index (χ3v) is 3.42. The summed E-state index contributed by atoms with van der Waals surface area (Å²) in [6.45, 7) is 4.62. The second kappa shape index (κ2) is 5.19. The van der Waals surface area contributed by atoms with Gasteiger partial charge in [0, 0.05) is 25.0 Å². The highest BCUT2D eigenvalue weighted by Crippen LogP contribution is 2.13. The maximum absolute atomic E-state index is 11.3. The molecular formula is C11H17N3O3S. The molecule has 6 nitrogen and oxygen atoms in total. The smallest absolute Gasteiger partial charge is 0.225 e. The Kier molecular flexibility index (Phi) is 3.82. The molecule has 0 aliphatic carbocycles. The Balaban J connectivity index is 2.25. The molecule has 0 bridgehead atoms. The fourth-order valence-corrected chi connectivity index (χ4v) is 2.55. The first-order valence-electron chi connectivity index (χ1n) is 5.79. The topological polar surface area (TPSA) is 72.4 Å². The molecule has 0 spiro atoms. The molecule has 0 radical (unpaired) electrons. The summed E-state index contributed by atoms with van der Waals surface area (Å²) in [4.78, 5) is 10.7. The second-order valence-electron chi connectivity index (χ2n) is 4.47. The summed E-state index contributed by atoms with van der Waals surface area (Å²) in [6.07, 6.45) is 1.21. The van der Waals surface area contributed by atoms with Crippen molar-refractivity contribution < 1.29 is 13.2 Å². The number of nitrogens with zero attached hydrogens (tertiary/aromatic N) is 3. The van der Waals surface area contributed by atoms with Gasteiger partial charge < -0.3 is 9.64 Å². The van der Waals surface area contributed by atoms with Crippen molar-refractivity contribution in [1.29, 1.82) is 0 Å². The lowest BCUT2D eigenvalue weighted by Crippen LogP contribution is -2.37. The lowest BCUT2D eigenvalue weighted by molar-refractivity contribution is 0.122. The number of hydrogen-bond acceptors (Lipinski definition) is 6. The molecule has 2 heterocycles. The van der Waals surface area contributed by atoms with Crippen LogP contribution >= 0.6 is 0 Å². The number of sulfone groups is 1. The minimum atomic E-state index is -3.07. The molecule has 1 aliphatic heterocycles. The van der Waals surface area contributed by atoms with E-state index in [0.717, 1.165) is 18.8 Å². The number of hydrogen-bond donors (Lipinski definition) is 0. The van der Waals surface area contributed by atoms with E-state index in [0.29, 0.717) is 24.9 Å². The third-order valence-electron chi connectivity index (χ3n) is 2.60. The zero-order chi connectivity index (χ0) is 13.2. The van der Waals surface area contributed by atoms with Crippen molar-refractivity contribution in [2.45, 2.75) is 12.7 Å². The molecule has 0 N–H and O–H groups in total. The normalized spacial score (nSPS) is 16.9. The van der Waals surface area contributed by atoms with Crippen molar-refractivity contribution in [3.05, 3.63) is 17.5 Å². The van der Waals surface area contributed by atoms with Gasteiger partial charge in [0.15, 0.2) is 9.84 Å². The van der Waals surface area contributed by atoms with E-state index in [1.54, 1.807) is 6.07 Å². The molecule has 100 valence electrons. The Bertz CT molecular complexity index is 524. The molecule has 0 saturated carbocycles. The maximum atomic E-state index is 11.3. The Hall–Kier alpha value is -1.21. The zero-order valence-corrected chi connectivity index (χ0v) is 11.4.